The number of pyridine rings is 1. The molecule has 9 heteroatoms. The van der Waals surface area contributed by atoms with E-state index in [9.17, 15) is 4.39 Å². The molecule has 0 radical (unpaired) electrons. The molecule has 2 aromatic heterocycles. The third-order valence-corrected chi connectivity index (χ3v) is 9.12. The molecule has 0 unspecified atom stereocenters. The summed E-state index contributed by atoms with van der Waals surface area (Å²) in [6, 6.07) is 0.821. The van der Waals surface area contributed by atoms with Crippen molar-refractivity contribution in [2.24, 2.45) is 11.3 Å². The zero-order valence-electron chi connectivity index (χ0n) is 21.9. The van der Waals surface area contributed by atoms with Crippen molar-refractivity contribution in [1.82, 2.24) is 19.9 Å². The van der Waals surface area contributed by atoms with Crippen LogP contribution in [0.15, 0.2) is 12.4 Å². The Balaban J connectivity index is 1.20. The van der Waals surface area contributed by atoms with Gasteiger partial charge >= 0.3 is 6.01 Å². The second-order valence-corrected chi connectivity index (χ2v) is 11.3. The molecule has 4 aliphatic rings. The molecule has 3 saturated heterocycles. The molecule has 0 N–H and O–H groups in total. The number of anilines is 1. The van der Waals surface area contributed by atoms with Crippen molar-refractivity contribution in [3.8, 4) is 6.01 Å². The molecule has 1 aliphatic carbocycles. The molecule has 0 amide bonds. The van der Waals surface area contributed by atoms with E-state index in [-0.39, 0.29) is 16.9 Å². The van der Waals surface area contributed by atoms with Gasteiger partial charge < -0.3 is 19.1 Å². The second kappa shape index (κ2) is 11.3. The van der Waals surface area contributed by atoms with Gasteiger partial charge in [-0.3, -0.25) is 9.88 Å². The van der Waals surface area contributed by atoms with Crippen LogP contribution in [0.25, 0.3) is 10.9 Å². The summed E-state index contributed by atoms with van der Waals surface area (Å²) in [5.41, 5.74) is 0.405. The molecule has 0 aromatic carbocycles. The summed E-state index contributed by atoms with van der Waals surface area (Å²) in [5, 5.41) is 0.628. The van der Waals surface area contributed by atoms with Crippen LogP contribution in [-0.4, -0.2) is 85.1 Å². The van der Waals surface area contributed by atoms with E-state index in [2.05, 4.69) is 19.8 Å². The zero-order chi connectivity index (χ0) is 25.1. The van der Waals surface area contributed by atoms with Crippen LogP contribution in [0.4, 0.5) is 10.2 Å². The number of ether oxygens (including phenoxy) is 3. The first-order valence-corrected chi connectivity index (χ1v) is 14.3. The van der Waals surface area contributed by atoms with E-state index in [0.29, 0.717) is 37.0 Å². The number of nitrogens with zero attached hydrogens (tertiary/aromatic N) is 5. The number of piperidine rings is 1. The average Bonchev–Trinajstić information content (AvgIpc) is 3.18. The molecule has 2 aromatic rings. The minimum atomic E-state index is -0.439. The summed E-state index contributed by atoms with van der Waals surface area (Å²) in [4.78, 5) is 18.3. The highest BCUT2D eigenvalue weighted by molar-refractivity contribution is 5.89. The Hall–Kier alpha value is -2.10. The van der Waals surface area contributed by atoms with Gasteiger partial charge in [-0.2, -0.15) is 9.97 Å². The first-order chi connectivity index (χ1) is 18.2. The topological polar surface area (TPSA) is 72.8 Å². The minimum Gasteiger partial charge on any atom is -0.463 e. The first kappa shape index (κ1) is 25.2. The summed E-state index contributed by atoms with van der Waals surface area (Å²) < 4.78 is 32.4. The van der Waals surface area contributed by atoms with E-state index in [1.165, 1.54) is 70.7 Å². The maximum absolute atomic E-state index is 14.8. The van der Waals surface area contributed by atoms with Crippen molar-refractivity contribution in [2.75, 3.05) is 64.1 Å². The van der Waals surface area contributed by atoms with Crippen LogP contribution >= 0.6 is 0 Å². The lowest BCUT2D eigenvalue weighted by atomic mass is 9.75. The fourth-order valence-corrected chi connectivity index (χ4v) is 7.11. The molecule has 0 bridgehead atoms. The highest BCUT2D eigenvalue weighted by atomic mass is 19.1. The third kappa shape index (κ3) is 5.40. The molecule has 8 nitrogen and oxygen atoms in total. The minimum absolute atomic E-state index is 0.125. The zero-order valence-corrected chi connectivity index (χ0v) is 21.9. The lowest BCUT2D eigenvalue weighted by molar-refractivity contribution is -0.00679. The Labute approximate surface area is 218 Å². The molecule has 4 fully saturated rings. The van der Waals surface area contributed by atoms with Crippen LogP contribution in [0.3, 0.4) is 0 Å². The monoisotopic (exact) mass is 513 g/mol. The van der Waals surface area contributed by atoms with Gasteiger partial charge in [0, 0.05) is 50.6 Å². The lowest BCUT2D eigenvalue weighted by Gasteiger charge is -2.46. The summed E-state index contributed by atoms with van der Waals surface area (Å²) >= 11 is 0. The normalized spacial score (nSPS) is 27.8. The molecular weight excluding hydrogens is 473 g/mol. The van der Waals surface area contributed by atoms with Gasteiger partial charge in [0.2, 0.25) is 0 Å². The van der Waals surface area contributed by atoms with Crippen LogP contribution in [0.1, 0.15) is 57.8 Å². The van der Waals surface area contributed by atoms with E-state index >= 15 is 0 Å². The predicted octanol–water partition coefficient (Wildman–Crippen LogP) is 4.22. The summed E-state index contributed by atoms with van der Waals surface area (Å²) in [5.74, 6) is 1.05. The van der Waals surface area contributed by atoms with Crippen LogP contribution < -0.4 is 9.64 Å². The van der Waals surface area contributed by atoms with Gasteiger partial charge in [0.1, 0.15) is 11.3 Å². The molecule has 3 aliphatic heterocycles. The van der Waals surface area contributed by atoms with Gasteiger partial charge in [0.25, 0.3) is 0 Å². The van der Waals surface area contributed by atoms with Crippen molar-refractivity contribution < 1.29 is 18.6 Å². The van der Waals surface area contributed by atoms with E-state index in [1.807, 2.05) is 0 Å². The van der Waals surface area contributed by atoms with Crippen molar-refractivity contribution in [2.45, 2.75) is 63.8 Å². The Kier molecular flexibility index (Phi) is 7.72. The van der Waals surface area contributed by atoms with Crippen LogP contribution in [0.5, 0.6) is 6.01 Å². The van der Waals surface area contributed by atoms with Crippen LogP contribution in [0, 0.1) is 17.2 Å². The molecule has 1 saturated carbocycles. The SMILES string of the molecule is Fc1cncc2c(N3CCCOCC3)nc(OC[C@]34CCC[C@H]3N(CCC3CCOCC3)CCC4)nc12. The Morgan fingerprint density at radius 1 is 0.946 bits per heavy atom. The van der Waals surface area contributed by atoms with Crippen molar-refractivity contribution in [3.63, 3.8) is 0 Å². The predicted molar refractivity (Wildman–Crippen MR) is 139 cm³/mol. The molecule has 2 atom stereocenters. The Morgan fingerprint density at radius 2 is 1.81 bits per heavy atom. The summed E-state index contributed by atoms with van der Waals surface area (Å²) in [7, 11) is 0. The third-order valence-electron chi connectivity index (χ3n) is 9.12. The molecular formula is C28H40FN5O3. The molecule has 37 heavy (non-hydrogen) atoms. The van der Waals surface area contributed by atoms with Gasteiger partial charge in [-0.25, -0.2) is 4.39 Å². The second-order valence-electron chi connectivity index (χ2n) is 11.3. The molecule has 202 valence electrons. The maximum Gasteiger partial charge on any atom is 0.319 e. The van der Waals surface area contributed by atoms with Gasteiger partial charge in [-0.05, 0) is 70.4 Å². The fraction of sp³-hybridized carbons (Fsp3) is 0.750. The van der Waals surface area contributed by atoms with Gasteiger partial charge in [-0.1, -0.05) is 6.42 Å². The first-order valence-electron chi connectivity index (χ1n) is 14.3. The van der Waals surface area contributed by atoms with E-state index < -0.39 is 5.82 Å². The maximum atomic E-state index is 14.8. The molecule has 6 rings (SSSR count). The number of hydrogen-bond donors (Lipinski definition) is 0. The lowest BCUT2D eigenvalue weighted by Crippen LogP contribution is -2.52. The fourth-order valence-electron chi connectivity index (χ4n) is 7.11. The van der Waals surface area contributed by atoms with Gasteiger partial charge in [0.05, 0.1) is 24.8 Å². The van der Waals surface area contributed by atoms with E-state index in [1.54, 1.807) is 6.20 Å². The smallest absolute Gasteiger partial charge is 0.319 e. The average molecular weight is 514 g/mol. The molecule has 5 heterocycles. The number of hydrogen-bond acceptors (Lipinski definition) is 8. The summed E-state index contributed by atoms with van der Waals surface area (Å²) in [6.45, 7) is 7.63. The Bertz CT molecular complexity index is 1060. The highest BCUT2D eigenvalue weighted by Gasteiger charge is 2.48. The van der Waals surface area contributed by atoms with Gasteiger partial charge in [0.15, 0.2) is 5.82 Å². The highest BCUT2D eigenvalue weighted by Crippen LogP contribution is 2.48. The number of likely N-dealkylation sites (tertiary alicyclic amines) is 1. The number of fused-ring (bicyclic) bond motifs is 2. The van der Waals surface area contributed by atoms with Crippen LogP contribution in [0.2, 0.25) is 0 Å². The quantitative estimate of drug-likeness (QED) is 0.545. The largest absolute Gasteiger partial charge is 0.463 e. The number of halogens is 1. The number of rotatable bonds is 7. The van der Waals surface area contributed by atoms with Crippen molar-refractivity contribution >= 4 is 16.7 Å². The van der Waals surface area contributed by atoms with Crippen molar-refractivity contribution in [1.29, 1.82) is 0 Å². The van der Waals surface area contributed by atoms with E-state index in [4.69, 9.17) is 19.2 Å². The molecule has 0 spiro atoms. The summed E-state index contributed by atoms with van der Waals surface area (Å²) in [6.07, 6.45) is 13.5. The van der Waals surface area contributed by atoms with E-state index in [0.717, 1.165) is 38.7 Å². The van der Waals surface area contributed by atoms with Crippen molar-refractivity contribution in [3.05, 3.63) is 18.2 Å². The number of aromatic nitrogens is 3. The standard InChI is InChI=1S/C28H40FN5O3/c29-23-19-30-18-22-25(23)31-27(32-26(22)34-11-3-14-35-17-13-34)37-20-28-8-1-4-24(28)33(10-2-9-28)12-5-21-6-15-36-16-7-21/h18-19,21,24H,1-17,20H2/t24-,28-/m1/s1. The van der Waals surface area contributed by atoms with Crippen LogP contribution in [-0.2, 0) is 9.47 Å². The Morgan fingerprint density at radius 3 is 2.73 bits per heavy atom. The van der Waals surface area contributed by atoms with Gasteiger partial charge in [-0.15, -0.1) is 0 Å².